The first-order chi connectivity index (χ1) is 8.10. The summed E-state index contributed by atoms with van der Waals surface area (Å²) in [6, 6.07) is 3.12. The van der Waals surface area contributed by atoms with Crippen LogP contribution in [0.15, 0.2) is 18.2 Å². The summed E-state index contributed by atoms with van der Waals surface area (Å²) in [5.74, 6) is -2.63. The first kappa shape index (κ1) is 14.5. The third-order valence-corrected chi connectivity index (χ3v) is 2.66. The van der Waals surface area contributed by atoms with Crippen LogP contribution in [0.25, 0.3) is 0 Å². The van der Waals surface area contributed by atoms with E-state index in [0.717, 1.165) is 26.0 Å². The minimum Gasteiger partial charge on any atom is -0.496 e. The first-order valence-corrected chi connectivity index (χ1v) is 5.06. The van der Waals surface area contributed by atoms with E-state index in [1.807, 2.05) is 0 Å². The molecule has 0 unspecified atom stereocenters. The fourth-order valence-corrected chi connectivity index (χ4v) is 1.65. The number of benzene rings is 1. The highest BCUT2D eigenvalue weighted by atomic mass is 19.4. The van der Waals surface area contributed by atoms with Gasteiger partial charge in [-0.2, -0.15) is 13.2 Å². The summed E-state index contributed by atoms with van der Waals surface area (Å²) in [5, 5.41) is 0. The van der Waals surface area contributed by atoms with E-state index in [2.05, 4.69) is 0 Å². The van der Waals surface area contributed by atoms with Gasteiger partial charge in [-0.25, -0.2) is 4.39 Å². The molecule has 0 aromatic heterocycles. The van der Waals surface area contributed by atoms with E-state index in [0.29, 0.717) is 0 Å². The van der Waals surface area contributed by atoms with E-state index in [4.69, 9.17) is 4.74 Å². The quantitative estimate of drug-likeness (QED) is 0.783. The first-order valence-electron chi connectivity index (χ1n) is 5.06. The topological polar surface area (TPSA) is 26.3 Å². The third kappa shape index (κ3) is 2.63. The molecule has 18 heavy (non-hydrogen) atoms. The molecule has 0 aliphatic rings. The largest absolute Gasteiger partial charge is 0.496 e. The van der Waals surface area contributed by atoms with Gasteiger partial charge in [0.15, 0.2) is 0 Å². The minimum absolute atomic E-state index is 0.0407. The Bertz CT molecular complexity index is 464. The third-order valence-electron chi connectivity index (χ3n) is 2.66. The molecule has 0 N–H and O–H groups in total. The average Bonchev–Trinajstić information content (AvgIpc) is 2.26. The van der Waals surface area contributed by atoms with Crippen molar-refractivity contribution in [2.24, 2.45) is 0 Å². The van der Waals surface area contributed by atoms with Crippen LogP contribution in [0, 0.1) is 5.82 Å². The van der Waals surface area contributed by atoms with E-state index in [1.54, 1.807) is 0 Å². The van der Waals surface area contributed by atoms with E-state index in [1.165, 1.54) is 13.2 Å². The van der Waals surface area contributed by atoms with Gasteiger partial charge in [-0.05, 0) is 32.0 Å². The monoisotopic (exact) mass is 264 g/mol. The Balaban J connectivity index is 3.35. The molecule has 6 heteroatoms. The van der Waals surface area contributed by atoms with E-state index in [-0.39, 0.29) is 11.3 Å². The van der Waals surface area contributed by atoms with Crippen LogP contribution >= 0.6 is 0 Å². The number of alkyl halides is 3. The van der Waals surface area contributed by atoms with Gasteiger partial charge in [-0.3, -0.25) is 4.79 Å². The molecule has 0 bridgehead atoms. The normalized spacial score (nSPS) is 12.4. The molecule has 0 radical (unpaired) electrons. The fourth-order valence-electron chi connectivity index (χ4n) is 1.65. The highest BCUT2D eigenvalue weighted by Gasteiger charge is 2.49. The molecule has 0 spiro atoms. The van der Waals surface area contributed by atoms with Crippen LogP contribution < -0.4 is 4.74 Å². The molecular weight excluding hydrogens is 252 g/mol. The highest BCUT2D eigenvalue weighted by molar-refractivity contribution is 5.94. The number of rotatable bonds is 3. The predicted molar refractivity (Wildman–Crippen MR) is 57.0 cm³/mol. The van der Waals surface area contributed by atoms with Crippen molar-refractivity contribution in [1.29, 1.82) is 0 Å². The van der Waals surface area contributed by atoms with Crippen molar-refractivity contribution in [1.82, 2.24) is 0 Å². The van der Waals surface area contributed by atoms with Crippen molar-refractivity contribution in [3.8, 4) is 5.75 Å². The Morgan fingerprint density at radius 2 is 1.78 bits per heavy atom. The molecule has 0 aliphatic heterocycles. The van der Waals surface area contributed by atoms with Crippen LogP contribution in [0.1, 0.15) is 19.4 Å². The maximum atomic E-state index is 13.1. The second-order valence-electron chi connectivity index (χ2n) is 4.30. The molecule has 0 aliphatic carbocycles. The van der Waals surface area contributed by atoms with Crippen molar-refractivity contribution >= 4 is 5.78 Å². The average molecular weight is 264 g/mol. The lowest BCUT2D eigenvalue weighted by atomic mass is 9.79. The number of carbonyl (C=O) groups is 1. The Morgan fingerprint density at radius 1 is 1.22 bits per heavy atom. The SMILES string of the molecule is COc1ccc(F)cc1C(C)(C)C(=O)C(F)(F)F. The smallest absolute Gasteiger partial charge is 0.450 e. The lowest BCUT2D eigenvalue weighted by Gasteiger charge is -2.26. The zero-order valence-corrected chi connectivity index (χ0v) is 10.1. The maximum absolute atomic E-state index is 13.1. The van der Waals surface area contributed by atoms with Crippen LogP contribution in [0.4, 0.5) is 17.6 Å². The molecule has 2 nitrogen and oxygen atoms in total. The van der Waals surface area contributed by atoms with Crippen molar-refractivity contribution in [2.75, 3.05) is 7.11 Å². The molecule has 1 aromatic carbocycles. The molecule has 0 heterocycles. The molecule has 100 valence electrons. The number of methoxy groups -OCH3 is 1. The number of carbonyl (C=O) groups excluding carboxylic acids is 1. The number of ketones is 1. The van der Waals surface area contributed by atoms with Crippen LogP contribution in [0.5, 0.6) is 5.75 Å². The second-order valence-corrected chi connectivity index (χ2v) is 4.30. The van der Waals surface area contributed by atoms with Crippen molar-refractivity contribution in [2.45, 2.75) is 25.4 Å². The number of hydrogen-bond acceptors (Lipinski definition) is 2. The van der Waals surface area contributed by atoms with Gasteiger partial charge in [-0.1, -0.05) is 0 Å². The van der Waals surface area contributed by atoms with Crippen LogP contribution in [-0.2, 0) is 10.2 Å². The van der Waals surface area contributed by atoms with Crippen molar-refractivity contribution in [3.05, 3.63) is 29.6 Å². The maximum Gasteiger partial charge on any atom is 0.450 e. The molecular formula is C12H12F4O2. The number of Topliss-reactive ketones (excluding diaryl/α,β-unsaturated/α-hetero) is 1. The minimum atomic E-state index is -4.99. The van der Waals surface area contributed by atoms with Crippen LogP contribution in [0.2, 0.25) is 0 Å². The van der Waals surface area contributed by atoms with Gasteiger partial charge in [0.1, 0.15) is 11.6 Å². The van der Waals surface area contributed by atoms with Gasteiger partial charge in [-0.15, -0.1) is 0 Å². The van der Waals surface area contributed by atoms with Gasteiger partial charge in [0, 0.05) is 5.56 Å². The molecule has 1 rings (SSSR count). The van der Waals surface area contributed by atoms with Gasteiger partial charge >= 0.3 is 6.18 Å². The predicted octanol–water partition coefficient (Wildman–Crippen LogP) is 3.24. The summed E-state index contributed by atoms with van der Waals surface area (Å²) in [7, 11) is 1.24. The zero-order chi connectivity index (χ0) is 14.1. The summed E-state index contributed by atoms with van der Waals surface area (Å²) in [5.41, 5.74) is -2.04. The Labute approximate surface area is 102 Å². The summed E-state index contributed by atoms with van der Waals surface area (Å²) in [4.78, 5) is 11.4. The number of ether oxygens (including phenoxy) is 1. The molecule has 0 amide bonds. The van der Waals surface area contributed by atoms with Crippen molar-refractivity contribution in [3.63, 3.8) is 0 Å². The van der Waals surface area contributed by atoms with Crippen LogP contribution in [0.3, 0.4) is 0 Å². The van der Waals surface area contributed by atoms with E-state index >= 15 is 0 Å². The number of hydrogen-bond donors (Lipinski definition) is 0. The molecule has 0 saturated carbocycles. The fraction of sp³-hybridized carbons (Fsp3) is 0.417. The summed E-state index contributed by atoms with van der Waals surface area (Å²) in [6.07, 6.45) is -4.99. The number of halogens is 4. The lowest BCUT2D eigenvalue weighted by molar-refractivity contribution is -0.176. The van der Waals surface area contributed by atoms with Gasteiger partial charge < -0.3 is 4.74 Å². The summed E-state index contributed by atoms with van der Waals surface area (Å²) >= 11 is 0. The molecule has 0 atom stereocenters. The Hall–Kier alpha value is -1.59. The lowest BCUT2D eigenvalue weighted by Crippen LogP contribution is -2.40. The van der Waals surface area contributed by atoms with E-state index in [9.17, 15) is 22.4 Å². The standard InChI is InChI=1S/C12H12F4O2/c1-11(2,10(17)12(14,15)16)8-6-7(13)4-5-9(8)18-3/h4-6H,1-3H3. The zero-order valence-electron chi connectivity index (χ0n) is 10.1. The van der Waals surface area contributed by atoms with E-state index < -0.39 is 23.2 Å². The Kier molecular flexibility index (Phi) is 3.69. The van der Waals surface area contributed by atoms with Gasteiger partial charge in [0.2, 0.25) is 5.78 Å². The second kappa shape index (κ2) is 4.59. The molecule has 0 fully saturated rings. The van der Waals surface area contributed by atoms with Crippen molar-refractivity contribution < 1.29 is 27.1 Å². The molecule has 1 aromatic rings. The highest BCUT2D eigenvalue weighted by Crippen LogP contribution is 2.37. The summed E-state index contributed by atoms with van der Waals surface area (Å²) < 4.78 is 55.4. The van der Waals surface area contributed by atoms with Crippen LogP contribution in [-0.4, -0.2) is 19.1 Å². The summed E-state index contributed by atoms with van der Waals surface area (Å²) in [6.45, 7) is 2.17. The molecule has 0 saturated heterocycles. The van der Waals surface area contributed by atoms with Gasteiger partial charge in [0.05, 0.1) is 12.5 Å². The van der Waals surface area contributed by atoms with Gasteiger partial charge in [0.25, 0.3) is 0 Å². The Morgan fingerprint density at radius 3 is 2.22 bits per heavy atom.